The minimum absolute atomic E-state index is 0.736. The standard InChI is InChI=1S/C38H24N2S/c1-3-10-25(11-4-1)29-14-9-15-30(24-29)26-18-20-28(21-19-26)38-39-32-22-23-34-35(31-16-7-8-17-33(31)41-34)36(32)37(40-38)27-12-5-2-6-13-27/h1-24H. The zero-order valence-electron chi connectivity index (χ0n) is 22.2. The number of nitrogens with zero attached hydrogens (tertiary/aromatic N) is 2. The van der Waals surface area contributed by atoms with Crippen LogP contribution in [0.25, 0.3) is 76.0 Å². The Balaban J connectivity index is 1.27. The van der Waals surface area contributed by atoms with E-state index in [-0.39, 0.29) is 0 Å². The monoisotopic (exact) mass is 540 g/mol. The molecule has 0 N–H and O–H groups in total. The van der Waals surface area contributed by atoms with E-state index in [0.717, 1.165) is 33.5 Å². The van der Waals surface area contributed by atoms with Crippen LogP contribution >= 0.6 is 11.3 Å². The molecule has 192 valence electrons. The molecule has 3 heteroatoms. The highest BCUT2D eigenvalue weighted by Crippen LogP contribution is 2.42. The summed E-state index contributed by atoms with van der Waals surface area (Å²) < 4.78 is 2.54. The topological polar surface area (TPSA) is 25.8 Å². The van der Waals surface area contributed by atoms with Gasteiger partial charge in [-0.2, -0.15) is 0 Å². The van der Waals surface area contributed by atoms with Gasteiger partial charge in [-0.3, -0.25) is 0 Å². The summed E-state index contributed by atoms with van der Waals surface area (Å²) in [4.78, 5) is 10.3. The Morgan fingerprint density at radius 2 is 1.00 bits per heavy atom. The van der Waals surface area contributed by atoms with Gasteiger partial charge in [-0.05, 0) is 46.5 Å². The lowest BCUT2D eigenvalue weighted by Gasteiger charge is -2.12. The van der Waals surface area contributed by atoms with Gasteiger partial charge in [0, 0.05) is 36.7 Å². The maximum Gasteiger partial charge on any atom is 0.160 e. The first-order valence-corrected chi connectivity index (χ1v) is 14.6. The summed E-state index contributed by atoms with van der Waals surface area (Å²) in [6.45, 7) is 0. The maximum atomic E-state index is 5.23. The first-order valence-electron chi connectivity index (χ1n) is 13.8. The van der Waals surface area contributed by atoms with Gasteiger partial charge < -0.3 is 0 Å². The average Bonchev–Trinajstić information content (AvgIpc) is 3.44. The highest BCUT2D eigenvalue weighted by atomic mass is 32.1. The highest BCUT2D eigenvalue weighted by Gasteiger charge is 2.17. The van der Waals surface area contributed by atoms with Crippen LogP contribution in [0.1, 0.15) is 0 Å². The van der Waals surface area contributed by atoms with E-state index in [1.807, 2.05) is 11.3 Å². The number of hydrogen-bond acceptors (Lipinski definition) is 3. The predicted molar refractivity (Wildman–Crippen MR) is 174 cm³/mol. The van der Waals surface area contributed by atoms with Crippen molar-refractivity contribution in [3.63, 3.8) is 0 Å². The number of rotatable bonds is 4. The summed E-state index contributed by atoms with van der Waals surface area (Å²) in [6.07, 6.45) is 0. The summed E-state index contributed by atoms with van der Waals surface area (Å²) in [5, 5.41) is 3.61. The molecule has 0 amide bonds. The third-order valence-electron chi connectivity index (χ3n) is 7.70. The molecular weight excluding hydrogens is 516 g/mol. The summed E-state index contributed by atoms with van der Waals surface area (Å²) in [5.41, 5.74) is 8.82. The third kappa shape index (κ3) is 4.19. The van der Waals surface area contributed by atoms with E-state index in [2.05, 4.69) is 146 Å². The number of benzene rings is 6. The minimum Gasteiger partial charge on any atom is -0.228 e. The molecule has 0 radical (unpaired) electrons. The van der Waals surface area contributed by atoms with E-state index in [0.29, 0.717) is 0 Å². The Kier molecular flexibility index (Phi) is 5.68. The largest absolute Gasteiger partial charge is 0.228 e. The van der Waals surface area contributed by atoms with Crippen molar-refractivity contribution < 1.29 is 0 Å². The Labute approximate surface area is 242 Å². The molecule has 0 unspecified atom stereocenters. The van der Waals surface area contributed by atoms with Crippen LogP contribution in [0.3, 0.4) is 0 Å². The normalized spacial score (nSPS) is 11.4. The smallest absolute Gasteiger partial charge is 0.160 e. The second-order valence-corrected chi connectivity index (χ2v) is 11.3. The van der Waals surface area contributed by atoms with Crippen molar-refractivity contribution in [2.75, 3.05) is 0 Å². The van der Waals surface area contributed by atoms with Gasteiger partial charge in [0.15, 0.2) is 5.82 Å². The Hall–Kier alpha value is -5.12. The molecular formula is C38H24N2S. The van der Waals surface area contributed by atoms with Crippen molar-refractivity contribution in [2.45, 2.75) is 0 Å². The number of aromatic nitrogens is 2. The lowest BCUT2D eigenvalue weighted by atomic mass is 9.98. The fourth-order valence-electron chi connectivity index (χ4n) is 5.69. The van der Waals surface area contributed by atoms with Crippen LogP contribution in [0, 0.1) is 0 Å². The van der Waals surface area contributed by atoms with Gasteiger partial charge in [0.05, 0.1) is 11.2 Å². The molecule has 2 aromatic heterocycles. The van der Waals surface area contributed by atoms with Gasteiger partial charge in [0.1, 0.15) is 0 Å². The predicted octanol–water partition coefficient (Wildman–Crippen LogP) is 10.7. The van der Waals surface area contributed by atoms with Crippen molar-refractivity contribution >= 4 is 42.4 Å². The molecule has 0 spiro atoms. The number of thiophene rings is 1. The van der Waals surface area contributed by atoms with Gasteiger partial charge >= 0.3 is 0 Å². The molecule has 0 aliphatic carbocycles. The van der Waals surface area contributed by atoms with Crippen LogP contribution in [0.5, 0.6) is 0 Å². The minimum atomic E-state index is 0.736. The Morgan fingerprint density at radius 3 is 1.76 bits per heavy atom. The summed E-state index contributed by atoms with van der Waals surface area (Å²) >= 11 is 1.82. The molecule has 0 saturated heterocycles. The molecule has 2 heterocycles. The van der Waals surface area contributed by atoms with Crippen molar-refractivity contribution in [1.29, 1.82) is 0 Å². The molecule has 0 saturated carbocycles. The molecule has 6 aromatic carbocycles. The van der Waals surface area contributed by atoms with Crippen molar-refractivity contribution in [3.8, 4) is 44.9 Å². The van der Waals surface area contributed by atoms with E-state index >= 15 is 0 Å². The van der Waals surface area contributed by atoms with Gasteiger partial charge in [0.25, 0.3) is 0 Å². The van der Waals surface area contributed by atoms with E-state index in [9.17, 15) is 0 Å². The maximum absolute atomic E-state index is 5.23. The van der Waals surface area contributed by atoms with Crippen LogP contribution < -0.4 is 0 Å². The van der Waals surface area contributed by atoms with E-state index in [4.69, 9.17) is 9.97 Å². The van der Waals surface area contributed by atoms with Crippen molar-refractivity contribution in [1.82, 2.24) is 9.97 Å². The molecule has 8 rings (SSSR count). The summed E-state index contributed by atoms with van der Waals surface area (Å²) in [5.74, 6) is 0.736. The molecule has 41 heavy (non-hydrogen) atoms. The van der Waals surface area contributed by atoms with Gasteiger partial charge in [0.2, 0.25) is 0 Å². The molecule has 0 bridgehead atoms. The van der Waals surface area contributed by atoms with E-state index in [1.54, 1.807) is 0 Å². The third-order valence-corrected chi connectivity index (χ3v) is 8.83. The van der Waals surface area contributed by atoms with Gasteiger partial charge in [-0.25, -0.2) is 9.97 Å². The Bertz CT molecular complexity index is 2180. The summed E-state index contributed by atoms with van der Waals surface area (Å²) in [6, 6.07) is 51.3. The second kappa shape index (κ2) is 9.81. The first kappa shape index (κ1) is 23.7. The molecule has 2 nitrogen and oxygen atoms in total. The second-order valence-electron chi connectivity index (χ2n) is 10.2. The van der Waals surface area contributed by atoms with E-state index in [1.165, 1.54) is 42.4 Å². The molecule has 8 aromatic rings. The van der Waals surface area contributed by atoms with Crippen LogP contribution in [0.4, 0.5) is 0 Å². The fraction of sp³-hybridized carbons (Fsp3) is 0. The number of hydrogen-bond donors (Lipinski definition) is 0. The average molecular weight is 541 g/mol. The van der Waals surface area contributed by atoms with Crippen LogP contribution in [0.15, 0.2) is 146 Å². The van der Waals surface area contributed by atoms with Crippen molar-refractivity contribution in [2.24, 2.45) is 0 Å². The zero-order chi connectivity index (χ0) is 27.2. The molecule has 0 fully saturated rings. The zero-order valence-corrected chi connectivity index (χ0v) is 23.0. The first-order chi connectivity index (χ1) is 20.3. The van der Waals surface area contributed by atoms with Crippen molar-refractivity contribution in [3.05, 3.63) is 146 Å². The fourth-order valence-corrected chi connectivity index (χ4v) is 6.81. The quantitative estimate of drug-likeness (QED) is 0.222. The van der Waals surface area contributed by atoms with Gasteiger partial charge in [-0.1, -0.05) is 121 Å². The lowest BCUT2D eigenvalue weighted by Crippen LogP contribution is -1.95. The van der Waals surface area contributed by atoms with Crippen LogP contribution in [-0.4, -0.2) is 9.97 Å². The SMILES string of the molecule is c1ccc(-c2cccc(-c3ccc(-c4nc(-c5ccccc5)c5c(ccc6sc7ccccc7c65)n4)cc3)c2)cc1. The molecule has 0 aliphatic rings. The van der Waals surface area contributed by atoms with Crippen LogP contribution in [0.2, 0.25) is 0 Å². The highest BCUT2D eigenvalue weighted by molar-refractivity contribution is 7.26. The summed E-state index contributed by atoms with van der Waals surface area (Å²) in [7, 11) is 0. The lowest BCUT2D eigenvalue weighted by molar-refractivity contribution is 1.23. The Morgan fingerprint density at radius 1 is 0.390 bits per heavy atom. The van der Waals surface area contributed by atoms with Crippen LogP contribution in [-0.2, 0) is 0 Å². The molecule has 0 atom stereocenters. The molecule has 0 aliphatic heterocycles. The number of fused-ring (bicyclic) bond motifs is 5. The van der Waals surface area contributed by atoms with E-state index < -0.39 is 0 Å². The van der Waals surface area contributed by atoms with Gasteiger partial charge in [-0.15, -0.1) is 11.3 Å².